The van der Waals surface area contributed by atoms with E-state index in [1.807, 2.05) is 18.2 Å². The van der Waals surface area contributed by atoms with Gasteiger partial charge in [-0.1, -0.05) is 6.07 Å². The van der Waals surface area contributed by atoms with Crippen molar-refractivity contribution in [3.63, 3.8) is 0 Å². The first-order valence-corrected chi connectivity index (χ1v) is 5.88. The summed E-state index contributed by atoms with van der Waals surface area (Å²) < 4.78 is 5.20. The molecule has 2 aromatic carbocycles. The van der Waals surface area contributed by atoms with Crippen molar-refractivity contribution in [3.05, 3.63) is 47.5 Å². The van der Waals surface area contributed by atoms with E-state index in [0.717, 1.165) is 11.4 Å². The van der Waals surface area contributed by atoms with Gasteiger partial charge in [0.25, 0.3) is 0 Å². The Morgan fingerprint density at radius 1 is 0.944 bits per heavy atom. The van der Waals surface area contributed by atoms with E-state index in [4.69, 9.17) is 10.5 Å². The summed E-state index contributed by atoms with van der Waals surface area (Å²) in [5.41, 5.74) is 11.0. The van der Waals surface area contributed by atoms with Gasteiger partial charge in [-0.2, -0.15) is 0 Å². The maximum Gasteiger partial charge on any atom is 0.143 e. The predicted octanol–water partition coefficient (Wildman–Crippen LogP) is 3.64. The molecule has 2 aromatic rings. The van der Waals surface area contributed by atoms with Crippen molar-refractivity contribution in [3.8, 4) is 5.75 Å². The summed E-state index contributed by atoms with van der Waals surface area (Å²) in [7, 11) is 1.62. The summed E-state index contributed by atoms with van der Waals surface area (Å²) in [5.74, 6) is 0.684. The second-order valence-corrected chi connectivity index (χ2v) is 4.38. The van der Waals surface area contributed by atoms with E-state index in [1.54, 1.807) is 7.11 Å². The van der Waals surface area contributed by atoms with Gasteiger partial charge >= 0.3 is 0 Å². The fraction of sp³-hybridized carbons (Fsp3) is 0.200. The minimum atomic E-state index is 0.642. The number of hydrogen-bond donors (Lipinski definition) is 2. The fourth-order valence-corrected chi connectivity index (χ4v) is 1.77. The molecule has 3 nitrogen and oxygen atoms in total. The second kappa shape index (κ2) is 5.00. The van der Waals surface area contributed by atoms with Crippen LogP contribution in [0.1, 0.15) is 11.1 Å². The number of nitrogens with one attached hydrogen (secondary N) is 1. The summed E-state index contributed by atoms with van der Waals surface area (Å²) in [6, 6.07) is 12.0. The van der Waals surface area contributed by atoms with Crippen molar-refractivity contribution in [2.45, 2.75) is 13.8 Å². The summed E-state index contributed by atoms with van der Waals surface area (Å²) in [6.45, 7) is 4.20. The summed E-state index contributed by atoms with van der Waals surface area (Å²) in [4.78, 5) is 0. The maximum atomic E-state index is 5.78. The van der Waals surface area contributed by atoms with Crippen LogP contribution in [0.2, 0.25) is 0 Å². The molecule has 94 valence electrons. The number of hydrogen-bond acceptors (Lipinski definition) is 3. The number of aryl methyl sites for hydroxylation is 2. The molecule has 0 aliphatic rings. The summed E-state index contributed by atoms with van der Waals surface area (Å²) >= 11 is 0. The number of anilines is 3. The Balaban J connectivity index is 2.25. The van der Waals surface area contributed by atoms with Crippen LogP contribution >= 0.6 is 0 Å². The van der Waals surface area contributed by atoms with Gasteiger partial charge in [-0.15, -0.1) is 0 Å². The molecule has 0 aliphatic carbocycles. The second-order valence-electron chi connectivity index (χ2n) is 4.38. The number of ether oxygens (including phenoxy) is 1. The average molecular weight is 242 g/mol. The van der Waals surface area contributed by atoms with Gasteiger partial charge < -0.3 is 15.8 Å². The lowest BCUT2D eigenvalue weighted by Crippen LogP contribution is -1.96. The smallest absolute Gasteiger partial charge is 0.143 e. The van der Waals surface area contributed by atoms with Gasteiger partial charge in [0.1, 0.15) is 5.75 Å². The molecule has 0 aliphatic heterocycles. The number of nitrogen functional groups attached to an aromatic ring is 1. The zero-order chi connectivity index (χ0) is 13.1. The molecule has 0 heterocycles. The van der Waals surface area contributed by atoms with E-state index in [0.29, 0.717) is 11.4 Å². The Hall–Kier alpha value is -2.16. The lowest BCUT2D eigenvalue weighted by molar-refractivity contribution is 0.417. The minimum absolute atomic E-state index is 0.642. The highest BCUT2D eigenvalue weighted by molar-refractivity contribution is 5.67. The van der Waals surface area contributed by atoms with Crippen LogP contribution in [0.25, 0.3) is 0 Å². The first kappa shape index (κ1) is 12.3. The van der Waals surface area contributed by atoms with Gasteiger partial charge in [0.2, 0.25) is 0 Å². The van der Waals surface area contributed by atoms with Crippen molar-refractivity contribution >= 4 is 17.1 Å². The average Bonchev–Trinajstić information content (AvgIpc) is 2.36. The summed E-state index contributed by atoms with van der Waals surface area (Å²) in [6.07, 6.45) is 0. The van der Waals surface area contributed by atoms with Crippen LogP contribution in [-0.4, -0.2) is 7.11 Å². The third kappa shape index (κ3) is 2.56. The first-order chi connectivity index (χ1) is 8.60. The van der Waals surface area contributed by atoms with Crippen LogP contribution in [0, 0.1) is 13.8 Å². The molecular formula is C15H18N2O. The summed E-state index contributed by atoms with van der Waals surface area (Å²) in [5, 5.41) is 3.34. The normalized spacial score (nSPS) is 10.2. The van der Waals surface area contributed by atoms with Crippen LogP contribution in [0.4, 0.5) is 17.1 Å². The molecule has 0 radical (unpaired) electrons. The monoisotopic (exact) mass is 242 g/mol. The molecule has 0 bridgehead atoms. The first-order valence-electron chi connectivity index (χ1n) is 5.88. The van der Waals surface area contributed by atoms with E-state index in [9.17, 15) is 0 Å². The largest absolute Gasteiger partial charge is 0.495 e. The zero-order valence-corrected chi connectivity index (χ0v) is 10.9. The molecule has 3 heteroatoms. The molecule has 18 heavy (non-hydrogen) atoms. The van der Waals surface area contributed by atoms with Crippen LogP contribution < -0.4 is 15.8 Å². The number of nitrogens with two attached hydrogens (primary N) is 1. The van der Waals surface area contributed by atoms with E-state index in [1.165, 1.54) is 11.1 Å². The van der Waals surface area contributed by atoms with Gasteiger partial charge in [0, 0.05) is 17.4 Å². The van der Waals surface area contributed by atoms with Crippen LogP contribution in [0.5, 0.6) is 5.75 Å². The number of methoxy groups -OCH3 is 1. The van der Waals surface area contributed by atoms with E-state index in [2.05, 4.69) is 37.4 Å². The minimum Gasteiger partial charge on any atom is -0.495 e. The molecule has 0 spiro atoms. The highest BCUT2D eigenvalue weighted by atomic mass is 16.5. The molecule has 0 amide bonds. The molecular weight excluding hydrogens is 224 g/mol. The molecule has 0 unspecified atom stereocenters. The van der Waals surface area contributed by atoms with Gasteiger partial charge in [0.15, 0.2) is 0 Å². The van der Waals surface area contributed by atoms with Crippen molar-refractivity contribution in [1.29, 1.82) is 0 Å². The Kier molecular flexibility index (Phi) is 3.42. The molecule has 0 fully saturated rings. The number of rotatable bonds is 3. The third-order valence-electron chi connectivity index (χ3n) is 3.03. The maximum absolute atomic E-state index is 5.78. The Morgan fingerprint density at radius 2 is 1.61 bits per heavy atom. The van der Waals surface area contributed by atoms with E-state index >= 15 is 0 Å². The quantitative estimate of drug-likeness (QED) is 0.808. The third-order valence-corrected chi connectivity index (χ3v) is 3.03. The van der Waals surface area contributed by atoms with Gasteiger partial charge in [-0.3, -0.25) is 0 Å². The fourth-order valence-electron chi connectivity index (χ4n) is 1.77. The van der Waals surface area contributed by atoms with Gasteiger partial charge in [0.05, 0.1) is 12.8 Å². The molecule has 0 aromatic heterocycles. The highest BCUT2D eigenvalue weighted by Gasteiger charge is 2.02. The Labute approximate surface area is 108 Å². The Bertz CT molecular complexity index is 564. The highest BCUT2D eigenvalue weighted by Crippen LogP contribution is 2.27. The van der Waals surface area contributed by atoms with Crippen LogP contribution in [0.3, 0.4) is 0 Å². The predicted molar refractivity (Wildman–Crippen MR) is 76.6 cm³/mol. The lowest BCUT2D eigenvalue weighted by atomic mass is 10.1. The molecule has 0 atom stereocenters. The molecule has 0 saturated heterocycles. The molecule has 2 rings (SSSR count). The van der Waals surface area contributed by atoms with E-state index in [-0.39, 0.29) is 0 Å². The zero-order valence-electron chi connectivity index (χ0n) is 10.9. The van der Waals surface area contributed by atoms with Crippen molar-refractivity contribution in [2.75, 3.05) is 18.2 Å². The van der Waals surface area contributed by atoms with Crippen molar-refractivity contribution < 1.29 is 4.74 Å². The molecule has 0 saturated carbocycles. The van der Waals surface area contributed by atoms with Gasteiger partial charge in [-0.05, 0) is 49.2 Å². The van der Waals surface area contributed by atoms with Crippen molar-refractivity contribution in [2.24, 2.45) is 0 Å². The number of benzene rings is 2. The lowest BCUT2D eigenvalue weighted by Gasteiger charge is -2.11. The standard InChI is InChI=1S/C15H18N2O/c1-10-4-5-12(8-11(10)2)17-13-6-7-14(16)15(9-13)18-3/h4-9,17H,16H2,1-3H3. The molecule has 3 N–H and O–H groups in total. The SMILES string of the molecule is COc1cc(Nc2ccc(C)c(C)c2)ccc1N. The van der Waals surface area contributed by atoms with E-state index < -0.39 is 0 Å². The van der Waals surface area contributed by atoms with Crippen LogP contribution in [-0.2, 0) is 0 Å². The van der Waals surface area contributed by atoms with Gasteiger partial charge in [-0.25, -0.2) is 0 Å². The Morgan fingerprint density at radius 3 is 2.28 bits per heavy atom. The van der Waals surface area contributed by atoms with Crippen LogP contribution in [0.15, 0.2) is 36.4 Å². The van der Waals surface area contributed by atoms with Crippen molar-refractivity contribution in [1.82, 2.24) is 0 Å². The topological polar surface area (TPSA) is 47.3 Å².